The van der Waals surface area contributed by atoms with Crippen LogP contribution in [0.3, 0.4) is 0 Å². The Kier molecular flexibility index (Phi) is 6.46. The van der Waals surface area contributed by atoms with Gasteiger partial charge in [0.15, 0.2) is 6.61 Å². The molecule has 1 N–H and O–H groups in total. The third-order valence-electron chi connectivity index (χ3n) is 4.48. The van der Waals surface area contributed by atoms with Crippen molar-refractivity contribution in [2.24, 2.45) is 0 Å². The second kappa shape index (κ2) is 9.01. The summed E-state index contributed by atoms with van der Waals surface area (Å²) >= 11 is 3.40. The predicted octanol–water partition coefficient (Wildman–Crippen LogP) is 3.68. The highest BCUT2D eigenvalue weighted by atomic mass is 79.9. The van der Waals surface area contributed by atoms with Crippen LogP contribution in [0.5, 0.6) is 0 Å². The Morgan fingerprint density at radius 1 is 1.21 bits per heavy atom. The summed E-state index contributed by atoms with van der Waals surface area (Å²) in [4.78, 5) is 37.8. The van der Waals surface area contributed by atoms with Crippen molar-refractivity contribution >= 4 is 39.4 Å². The molecule has 3 rings (SSSR count). The van der Waals surface area contributed by atoms with Gasteiger partial charge in [0.2, 0.25) is 5.91 Å². The van der Waals surface area contributed by atoms with E-state index in [4.69, 9.17) is 4.74 Å². The van der Waals surface area contributed by atoms with E-state index >= 15 is 0 Å². The van der Waals surface area contributed by atoms with Gasteiger partial charge in [0, 0.05) is 29.7 Å². The first-order valence-corrected chi connectivity index (χ1v) is 9.81. The Balaban J connectivity index is 1.54. The standard InChI is InChI=1S/C21H21BrN2O4/c1-14-10-17(7-8-18(14)22)23-19(25)13-28-21(27)16-5-2-4-15(11-16)12-24-9-3-6-20(24)26/h2,4-5,7-8,10-11H,3,6,9,12-13H2,1H3,(H,23,25). The first-order chi connectivity index (χ1) is 13.4. The summed E-state index contributed by atoms with van der Waals surface area (Å²) in [6, 6.07) is 12.4. The quantitative estimate of drug-likeness (QED) is 0.689. The van der Waals surface area contributed by atoms with Crippen molar-refractivity contribution < 1.29 is 19.1 Å². The third kappa shape index (κ3) is 5.19. The number of aryl methyl sites for hydroxylation is 1. The molecule has 1 aliphatic rings. The summed E-state index contributed by atoms with van der Waals surface area (Å²) in [6.07, 6.45) is 1.45. The van der Waals surface area contributed by atoms with Crippen molar-refractivity contribution in [1.82, 2.24) is 4.90 Å². The molecule has 0 bridgehead atoms. The number of carbonyl (C=O) groups is 3. The molecule has 28 heavy (non-hydrogen) atoms. The van der Waals surface area contributed by atoms with Crippen molar-refractivity contribution in [3.63, 3.8) is 0 Å². The minimum absolute atomic E-state index is 0.132. The lowest BCUT2D eigenvalue weighted by atomic mass is 10.1. The Morgan fingerprint density at radius 2 is 2.04 bits per heavy atom. The highest BCUT2D eigenvalue weighted by molar-refractivity contribution is 9.10. The molecule has 6 nitrogen and oxygen atoms in total. The molecule has 0 spiro atoms. The van der Waals surface area contributed by atoms with E-state index in [0.29, 0.717) is 24.2 Å². The van der Waals surface area contributed by atoms with Crippen LogP contribution in [-0.4, -0.2) is 35.8 Å². The van der Waals surface area contributed by atoms with Crippen molar-refractivity contribution in [3.05, 3.63) is 63.6 Å². The number of hydrogen-bond donors (Lipinski definition) is 1. The van der Waals surface area contributed by atoms with Gasteiger partial charge in [0.05, 0.1) is 5.56 Å². The van der Waals surface area contributed by atoms with Crippen LogP contribution in [0.1, 0.15) is 34.3 Å². The molecule has 2 aromatic carbocycles. The molecular weight excluding hydrogens is 424 g/mol. The Hall–Kier alpha value is -2.67. The van der Waals surface area contributed by atoms with Crippen LogP contribution in [-0.2, 0) is 20.9 Å². The van der Waals surface area contributed by atoms with Gasteiger partial charge in [0.1, 0.15) is 0 Å². The number of ether oxygens (including phenoxy) is 1. The number of benzene rings is 2. The van der Waals surface area contributed by atoms with Crippen LogP contribution in [0.4, 0.5) is 5.69 Å². The maximum absolute atomic E-state index is 12.3. The number of likely N-dealkylation sites (tertiary alicyclic amines) is 1. The van der Waals surface area contributed by atoms with E-state index in [1.54, 1.807) is 29.2 Å². The Bertz CT molecular complexity index is 913. The second-order valence-electron chi connectivity index (χ2n) is 6.71. The number of amides is 2. The highest BCUT2D eigenvalue weighted by Crippen LogP contribution is 2.20. The largest absolute Gasteiger partial charge is 0.452 e. The second-order valence-corrected chi connectivity index (χ2v) is 7.56. The maximum Gasteiger partial charge on any atom is 0.338 e. The normalized spacial score (nSPS) is 13.5. The Labute approximate surface area is 172 Å². The smallest absolute Gasteiger partial charge is 0.338 e. The number of nitrogens with zero attached hydrogens (tertiary/aromatic N) is 1. The van der Waals surface area contributed by atoms with Crippen LogP contribution >= 0.6 is 15.9 Å². The number of hydrogen-bond acceptors (Lipinski definition) is 4. The molecule has 0 radical (unpaired) electrons. The summed E-state index contributed by atoms with van der Waals surface area (Å²) < 4.78 is 6.07. The minimum Gasteiger partial charge on any atom is -0.452 e. The van der Waals surface area contributed by atoms with Gasteiger partial charge in [-0.05, 0) is 54.8 Å². The zero-order chi connectivity index (χ0) is 20.1. The van der Waals surface area contributed by atoms with Crippen molar-refractivity contribution in [2.45, 2.75) is 26.3 Å². The van der Waals surface area contributed by atoms with E-state index in [9.17, 15) is 14.4 Å². The third-order valence-corrected chi connectivity index (χ3v) is 5.37. The molecule has 2 amide bonds. The SMILES string of the molecule is Cc1cc(NC(=O)COC(=O)c2cccc(CN3CCCC3=O)c2)ccc1Br. The molecule has 0 atom stereocenters. The number of rotatable bonds is 6. The molecule has 0 aromatic heterocycles. The van der Waals surface area contributed by atoms with E-state index in [0.717, 1.165) is 28.6 Å². The molecule has 0 unspecified atom stereocenters. The highest BCUT2D eigenvalue weighted by Gasteiger charge is 2.20. The lowest BCUT2D eigenvalue weighted by Crippen LogP contribution is -2.24. The molecule has 146 valence electrons. The topological polar surface area (TPSA) is 75.7 Å². The monoisotopic (exact) mass is 444 g/mol. The van der Waals surface area contributed by atoms with Gasteiger partial charge in [-0.15, -0.1) is 0 Å². The number of nitrogens with one attached hydrogen (secondary N) is 1. The van der Waals surface area contributed by atoms with Gasteiger partial charge in [-0.3, -0.25) is 9.59 Å². The fourth-order valence-electron chi connectivity index (χ4n) is 3.02. The molecule has 1 saturated heterocycles. The lowest BCUT2D eigenvalue weighted by molar-refractivity contribution is -0.128. The van der Waals surface area contributed by atoms with Crippen LogP contribution in [0.25, 0.3) is 0 Å². The summed E-state index contributed by atoms with van der Waals surface area (Å²) in [7, 11) is 0. The maximum atomic E-state index is 12.3. The van der Waals surface area contributed by atoms with E-state index in [1.807, 2.05) is 25.1 Å². The average molecular weight is 445 g/mol. The first kappa shape index (κ1) is 20.1. The molecule has 1 fully saturated rings. The van der Waals surface area contributed by atoms with Crippen LogP contribution in [0.15, 0.2) is 46.9 Å². The van der Waals surface area contributed by atoms with Gasteiger partial charge < -0.3 is 15.0 Å². The average Bonchev–Trinajstić information content (AvgIpc) is 3.07. The number of halogens is 1. The fraction of sp³-hybridized carbons (Fsp3) is 0.286. The number of anilines is 1. The molecule has 0 aliphatic carbocycles. The zero-order valence-corrected chi connectivity index (χ0v) is 17.1. The van der Waals surface area contributed by atoms with E-state index in [-0.39, 0.29) is 12.5 Å². The summed E-state index contributed by atoms with van der Waals surface area (Å²) in [6.45, 7) is 2.76. The van der Waals surface area contributed by atoms with Gasteiger partial charge >= 0.3 is 5.97 Å². The van der Waals surface area contributed by atoms with Crippen molar-refractivity contribution in [1.29, 1.82) is 0 Å². The van der Waals surface area contributed by atoms with Crippen molar-refractivity contribution in [3.8, 4) is 0 Å². The zero-order valence-electron chi connectivity index (χ0n) is 15.5. The molecule has 2 aromatic rings. The molecule has 1 aliphatic heterocycles. The number of esters is 1. The summed E-state index contributed by atoms with van der Waals surface area (Å²) in [5, 5.41) is 2.70. The Morgan fingerprint density at radius 3 is 2.75 bits per heavy atom. The predicted molar refractivity (Wildman–Crippen MR) is 109 cm³/mol. The first-order valence-electron chi connectivity index (χ1n) is 9.02. The van der Waals surface area contributed by atoms with E-state index in [2.05, 4.69) is 21.2 Å². The molecule has 7 heteroatoms. The molecule has 0 saturated carbocycles. The fourth-order valence-corrected chi connectivity index (χ4v) is 3.27. The summed E-state index contributed by atoms with van der Waals surface area (Å²) in [5.74, 6) is -0.849. The van der Waals surface area contributed by atoms with Gasteiger partial charge in [-0.2, -0.15) is 0 Å². The molecule has 1 heterocycles. The van der Waals surface area contributed by atoms with Gasteiger partial charge in [0.25, 0.3) is 5.91 Å². The molecular formula is C21H21BrN2O4. The number of carbonyl (C=O) groups excluding carboxylic acids is 3. The lowest BCUT2D eigenvalue weighted by Gasteiger charge is -2.15. The van der Waals surface area contributed by atoms with Crippen LogP contribution in [0.2, 0.25) is 0 Å². The van der Waals surface area contributed by atoms with E-state index in [1.165, 1.54) is 0 Å². The summed E-state index contributed by atoms with van der Waals surface area (Å²) in [5.41, 5.74) is 2.85. The van der Waals surface area contributed by atoms with Gasteiger partial charge in [-0.25, -0.2) is 4.79 Å². The van der Waals surface area contributed by atoms with E-state index < -0.39 is 11.9 Å². The van der Waals surface area contributed by atoms with Gasteiger partial charge in [-0.1, -0.05) is 28.1 Å². The minimum atomic E-state index is -0.572. The van der Waals surface area contributed by atoms with Crippen LogP contribution < -0.4 is 5.32 Å². The van der Waals surface area contributed by atoms with Crippen LogP contribution in [0, 0.1) is 6.92 Å². The van der Waals surface area contributed by atoms with Crippen molar-refractivity contribution in [2.75, 3.05) is 18.5 Å².